The van der Waals surface area contributed by atoms with Gasteiger partial charge in [-0.3, -0.25) is 9.80 Å². The van der Waals surface area contributed by atoms with E-state index in [9.17, 15) is 0 Å². The van der Waals surface area contributed by atoms with Crippen molar-refractivity contribution in [1.82, 2.24) is 0 Å². The summed E-state index contributed by atoms with van der Waals surface area (Å²) in [6, 6.07) is 74.0. The highest BCUT2D eigenvalue weighted by Gasteiger charge is 2.49. The molecule has 0 atom stereocenters. The van der Waals surface area contributed by atoms with Gasteiger partial charge in [0.15, 0.2) is 0 Å². The molecule has 78 heavy (non-hydrogen) atoms. The molecule has 0 bridgehead atoms. The molecule has 0 spiro atoms. The van der Waals surface area contributed by atoms with Crippen LogP contribution in [0.15, 0.2) is 224 Å². The number of furan rings is 4. The molecule has 376 valence electrons. The molecule has 4 aromatic heterocycles. The third-order valence-corrected chi connectivity index (χ3v) is 16.2. The zero-order valence-corrected chi connectivity index (χ0v) is 44.7. The first-order chi connectivity index (χ1) is 37.8. The maximum atomic E-state index is 7.47. The monoisotopic (exact) mass is 1010 g/mol. The molecule has 0 unspecified atom stereocenters. The van der Waals surface area contributed by atoms with Crippen LogP contribution in [0.5, 0.6) is 0 Å². The van der Waals surface area contributed by atoms with Crippen LogP contribution in [0.25, 0.3) is 88.8 Å². The van der Waals surface area contributed by atoms with Crippen LogP contribution in [0, 0.1) is 6.92 Å². The first-order valence-corrected chi connectivity index (χ1v) is 27.1. The molecule has 6 nitrogen and oxygen atoms in total. The second-order valence-electron chi connectivity index (χ2n) is 23.4. The number of rotatable bonds is 6. The molecule has 0 fully saturated rings. The van der Waals surface area contributed by atoms with Gasteiger partial charge in [0, 0.05) is 66.1 Å². The molecule has 13 aromatic rings. The van der Waals surface area contributed by atoms with E-state index in [4.69, 9.17) is 17.7 Å². The third kappa shape index (κ3) is 7.17. The van der Waals surface area contributed by atoms with Gasteiger partial charge >= 0.3 is 0 Å². The van der Waals surface area contributed by atoms with Gasteiger partial charge in [0.1, 0.15) is 33.9 Å². The van der Waals surface area contributed by atoms with E-state index >= 15 is 0 Å². The van der Waals surface area contributed by atoms with Crippen molar-refractivity contribution in [2.75, 3.05) is 9.80 Å². The van der Waals surface area contributed by atoms with Crippen molar-refractivity contribution < 1.29 is 17.7 Å². The first kappa shape index (κ1) is 46.1. The number of nitrogens with zero attached hydrogens (tertiary/aromatic N) is 2. The van der Waals surface area contributed by atoms with Crippen molar-refractivity contribution in [3.05, 3.63) is 223 Å². The van der Waals surface area contributed by atoms with E-state index in [2.05, 4.69) is 240 Å². The van der Waals surface area contributed by atoms with Crippen molar-refractivity contribution in [3.63, 3.8) is 0 Å². The van der Waals surface area contributed by atoms with Crippen molar-refractivity contribution in [2.24, 2.45) is 0 Å². The number of anilines is 6. The van der Waals surface area contributed by atoms with Crippen LogP contribution < -0.4 is 26.2 Å². The number of hydrogen-bond acceptors (Lipinski definition) is 6. The summed E-state index contributed by atoms with van der Waals surface area (Å²) in [7, 11) is 0. The predicted molar refractivity (Wildman–Crippen MR) is 323 cm³/mol. The minimum Gasteiger partial charge on any atom is -0.456 e. The molecule has 9 aromatic carbocycles. The maximum Gasteiger partial charge on any atom is 0.262 e. The lowest BCUT2D eigenvalue weighted by molar-refractivity contribution is 0.589. The molecule has 15 rings (SSSR count). The standard InChI is InChI=1S/C71H55BN2O4/c1-42-34-57-67-58(35-42)74(56-31-27-48(37-52(56)44-20-12-9-13-21-44)64-39-46-23-15-17-25-60(46)76-64)69-66(54-41-50(71(5,6)7)29-33-62(54)78-69)72(67)65-53-40-49(70(2,3)4)28-32-61(53)77-68(65)73(57)55-30-26-47(36-51(55)43-18-10-8-11-19-43)63-38-45-22-14-16-24-59(45)75-63/h8-41H,1-7H3. The Labute approximate surface area is 453 Å². The summed E-state index contributed by atoms with van der Waals surface area (Å²) in [5.41, 5.74) is 20.4. The Morgan fingerprint density at radius 3 is 1.19 bits per heavy atom. The van der Waals surface area contributed by atoms with Gasteiger partial charge < -0.3 is 17.7 Å². The number of hydrogen-bond donors (Lipinski definition) is 0. The molecular formula is C71H55BN2O4. The zero-order valence-electron chi connectivity index (χ0n) is 44.7. The van der Waals surface area contributed by atoms with Gasteiger partial charge in [-0.1, -0.05) is 151 Å². The Hall–Kier alpha value is -9.20. The Morgan fingerprint density at radius 2 is 0.769 bits per heavy atom. The summed E-state index contributed by atoms with van der Waals surface area (Å²) >= 11 is 0. The highest BCUT2D eigenvalue weighted by molar-refractivity contribution is 7.02. The number of para-hydroxylation sites is 2. The molecule has 6 heterocycles. The maximum absolute atomic E-state index is 7.47. The molecular weight excluding hydrogens is 956 g/mol. The van der Waals surface area contributed by atoms with Crippen LogP contribution in [-0.4, -0.2) is 6.71 Å². The minimum absolute atomic E-state index is 0.124. The van der Waals surface area contributed by atoms with Crippen molar-refractivity contribution in [1.29, 1.82) is 0 Å². The smallest absolute Gasteiger partial charge is 0.262 e. The Balaban J connectivity index is 1.05. The van der Waals surface area contributed by atoms with Gasteiger partial charge in [0.25, 0.3) is 6.71 Å². The summed E-state index contributed by atoms with van der Waals surface area (Å²) in [5, 5.41) is 4.31. The fourth-order valence-electron chi connectivity index (χ4n) is 12.3. The van der Waals surface area contributed by atoms with Crippen LogP contribution in [0.1, 0.15) is 58.2 Å². The van der Waals surface area contributed by atoms with Gasteiger partial charge in [-0.25, -0.2) is 0 Å². The van der Waals surface area contributed by atoms with Crippen LogP contribution in [-0.2, 0) is 10.8 Å². The lowest BCUT2D eigenvalue weighted by atomic mass is 9.33. The van der Waals surface area contributed by atoms with Crippen molar-refractivity contribution >= 4 is 101 Å². The predicted octanol–water partition coefficient (Wildman–Crippen LogP) is 18.3. The highest BCUT2D eigenvalue weighted by atomic mass is 16.4. The van der Waals surface area contributed by atoms with Gasteiger partial charge in [0.2, 0.25) is 11.8 Å². The number of benzene rings is 9. The SMILES string of the molecule is Cc1cc2c3c(c1)N(c1ccc(-c4cc5ccccc5o4)cc1-c1ccccc1)c1oc4ccc(C(C)(C)C)cc4c1B3c1c(oc3ccc(C(C)(C)C)cc13)N2c1ccc(-c2cc3ccccc3o2)cc1-c1ccccc1. The molecule has 0 radical (unpaired) electrons. The summed E-state index contributed by atoms with van der Waals surface area (Å²) in [4.78, 5) is 4.82. The first-order valence-electron chi connectivity index (χ1n) is 27.1. The minimum atomic E-state index is -0.286. The second kappa shape index (κ2) is 16.9. The Bertz CT molecular complexity index is 4210. The van der Waals surface area contributed by atoms with E-state index in [1.54, 1.807) is 0 Å². The molecule has 0 N–H and O–H groups in total. The van der Waals surface area contributed by atoms with Crippen molar-refractivity contribution in [2.45, 2.75) is 59.3 Å². The third-order valence-electron chi connectivity index (χ3n) is 16.2. The van der Waals surface area contributed by atoms with E-state index in [0.717, 1.165) is 140 Å². The lowest BCUT2D eigenvalue weighted by Gasteiger charge is -2.41. The molecule has 0 saturated heterocycles. The summed E-state index contributed by atoms with van der Waals surface area (Å²) < 4.78 is 28.1. The lowest BCUT2D eigenvalue weighted by Crippen LogP contribution is -2.61. The largest absolute Gasteiger partial charge is 0.456 e. The fraction of sp³-hybridized carbons (Fsp3) is 0.127. The molecule has 0 aliphatic carbocycles. The molecule has 7 heteroatoms. The summed E-state index contributed by atoms with van der Waals surface area (Å²) in [5.74, 6) is 3.21. The number of aryl methyl sites for hydroxylation is 1. The fourth-order valence-corrected chi connectivity index (χ4v) is 12.3. The van der Waals surface area contributed by atoms with E-state index in [1.807, 2.05) is 24.3 Å². The average molecular weight is 1010 g/mol. The van der Waals surface area contributed by atoms with Gasteiger partial charge in [-0.05, 0) is 148 Å². The number of fused-ring (bicyclic) bond motifs is 10. The van der Waals surface area contributed by atoms with Gasteiger partial charge in [-0.2, -0.15) is 0 Å². The van der Waals surface area contributed by atoms with E-state index < -0.39 is 0 Å². The topological polar surface area (TPSA) is 59.0 Å². The summed E-state index contributed by atoms with van der Waals surface area (Å²) in [6.07, 6.45) is 0. The molecule has 2 aliphatic heterocycles. The highest BCUT2D eigenvalue weighted by Crippen LogP contribution is 2.52. The van der Waals surface area contributed by atoms with Crippen LogP contribution in [0.4, 0.5) is 34.5 Å². The Morgan fingerprint density at radius 1 is 0.346 bits per heavy atom. The van der Waals surface area contributed by atoms with Crippen LogP contribution >= 0.6 is 0 Å². The van der Waals surface area contributed by atoms with Crippen molar-refractivity contribution in [3.8, 4) is 44.9 Å². The average Bonchev–Trinajstić information content (AvgIpc) is 4.15. The van der Waals surface area contributed by atoms with E-state index in [1.165, 1.54) is 16.6 Å². The summed E-state index contributed by atoms with van der Waals surface area (Å²) in [6.45, 7) is 15.7. The molecule has 0 amide bonds. The second-order valence-corrected chi connectivity index (χ2v) is 23.4. The van der Waals surface area contributed by atoms with Gasteiger partial charge in [-0.15, -0.1) is 0 Å². The molecule has 2 aliphatic rings. The van der Waals surface area contributed by atoms with Crippen LogP contribution in [0.3, 0.4) is 0 Å². The normalized spacial score (nSPS) is 13.2. The molecule has 0 saturated carbocycles. The Kier molecular flexibility index (Phi) is 10.00. The van der Waals surface area contributed by atoms with Gasteiger partial charge in [0.05, 0.1) is 11.4 Å². The quantitative estimate of drug-likeness (QED) is 0.155. The van der Waals surface area contributed by atoms with Crippen LogP contribution in [0.2, 0.25) is 0 Å². The zero-order chi connectivity index (χ0) is 52.8. The van der Waals surface area contributed by atoms with E-state index in [-0.39, 0.29) is 17.5 Å². The van der Waals surface area contributed by atoms with E-state index in [0.29, 0.717) is 0 Å².